The average Bonchev–Trinajstić information content (AvgIpc) is 3.20. The van der Waals surface area contributed by atoms with Gasteiger partial charge in [-0.15, -0.1) is 5.10 Å². The SMILES string of the molecule is CCOc1cc(-c2ccc(=O)n(C)c2)nc2cc(C(=O)NCCc3[nH]nnc3C)ccc12. The summed E-state index contributed by atoms with van der Waals surface area (Å²) in [6.45, 7) is 4.73. The molecule has 0 saturated heterocycles. The number of hydrogen-bond donors (Lipinski definition) is 2. The molecule has 32 heavy (non-hydrogen) atoms. The van der Waals surface area contributed by atoms with E-state index in [1.807, 2.05) is 26.0 Å². The molecule has 1 aromatic carbocycles. The number of amides is 1. The van der Waals surface area contributed by atoms with Gasteiger partial charge in [-0.2, -0.15) is 0 Å². The van der Waals surface area contributed by atoms with Gasteiger partial charge in [0.25, 0.3) is 5.91 Å². The lowest BCUT2D eigenvalue weighted by Gasteiger charge is -2.12. The normalized spacial score (nSPS) is 11.0. The van der Waals surface area contributed by atoms with Gasteiger partial charge in [-0.3, -0.25) is 14.7 Å². The number of nitrogens with zero attached hydrogens (tertiary/aromatic N) is 4. The minimum atomic E-state index is -0.190. The number of carbonyl (C=O) groups is 1. The van der Waals surface area contributed by atoms with Gasteiger partial charge in [-0.1, -0.05) is 5.21 Å². The second-order valence-corrected chi connectivity index (χ2v) is 7.42. The molecule has 3 aromatic heterocycles. The van der Waals surface area contributed by atoms with Crippen molar-refractivity contribution in [2.24, 2.45) is 7.05 Å². The van der Waals surface area contributed by atoms with Crippen molar-refractivity contribution in [2.75, 3.05) is 13.2 Å². The van der Waals surface area contributed by atoms with Crippen LogP contribution in [0.5, 0.6) is 5.75 Å². The van der Waals surface area contributed by atoms with Gasteiger partial charge in [0.1, 0.15) is 5.75 Å². The maximum Gasteiger partial charge on any atom is 0.251 e. The highest BCUT2D eigenvalue weighted by molar-refractivity contribution is 5.99. The van der Waals surface area contributed by atoms with Gasteiger partial charge >= 0.3 is 0 Å². The molecule has 0 unspecified atom stereocenters. The van der Waals surface area contributed by atoms with Gasteiger partial charge in [0.15, 0.2) is 0 Å². The molecule has 9 nitrogen and oxygen atoms in total. The van der Waals surface area contributed by atoms with Crippen LogP contribution >= 0.6 is 0 Å². The topological polar surface area (TPSA) is 115 Å². The van der Waals surface area contributed by atoms with E-state index in [2.05, 4.69) is 20.7 Å². The minimum Gasteiger partial charge on any atom is -0.493 e. The Kier molecular flexibility index (Phi) is 5.98. The molecule has 0 aliphatic heterocycles. The van der Waals surface area contributed by atoms with Gasteiger partial charge in [0.2, 0.25) is 5.56 Å². The van der Waals surface area contributed by atoms with Crippen LogP contribution in [-0.4, -0.2) is 44.0 Å². The van der Waals surface area contributed by atoms with Crippen LogP contribution in [0.15, 0.2) is 47.4 Å². The van der Waals surface area contributed by atoms with E-state index in [1.165, 1.54) is 10.6 Å². The molecular weight excluding hydrogens is 408 g/mol. The summed E-state index contributed by atoms with van der Waals surface area (Å²) in [5, 5.41) is 14.2. The first-order valence-corrected chi connectivity index (χ1v) is 10.4. The summed E-state index contributed by atoms with van der Waals surface area (Å²) in [5.74, 6) is 0.486. The van der Waals surface area contributed by atoms with Crippen molar-refractivity contribution >= 4 is 16.8 Å². The Balaban J connectivity index is 1.63. The summed E-state index contributed by atoms with van der Waals surface area (Å²) < 4.78 is 7.33. The predicted octanol–water partition coefficient (Wildman–Crippen LogP) is 2.40. The first-order chi connectivity index (χ1) is 15.5. The Morgan fingerprint density at radius 3 is 2.78 bits per heavy atom. The summed E-state index contributed by atoms with van der Waals surface area (Å²) in [4.78, 5) is 29.2. The van der Waals surface area contributed by atoms with Crippen molar-refractivity contribution in [3.8, 4) is 17.0 Å². The van der Waals surface area contributed by atoms with E-state index in [4.69, 9.17) is 9.72 Å². The highest BCUT2D eigenvalue weighted by Gasteiger charge is 2.13. The van der Waals surface area contributed by atoms with Crippen LogP contribution in [0.1, 0.15) is 28.7 Å². The number of aromatic nitrogens is 5. The number of rotatable bonds is 7. The lowest BCUT2D eigenvalue weighted by molar-refractivity contribution is 0.0954. The zero-order valence-corrected chi connectivity index (χ0v) is 18.2. The molecule has 0 aliphatic carbocycles. The quantitative estimate of drug-likeness (QED) is 0.463. The molecule has 4 rings (SSSR count). The zero-order valence-electron chi connectivity index (χ0n) is 18.2. The third-order valence-corrected chi connectivity index (χ3v) is 5.20. The third-order valence-electron chi connectivity index (χ3n) is 5.20. The molecule has 0 atom stereocenters. The second kappa shape index (κ2) is 9.01. The van der Waals surface area contributed by atoms with Crippen molar-refractivity contribution in [3.05, 3.63) is 69.9 Å². The van der Waals surface area contributed by atoms with Crippen molar-refractivity contribution in [1.82, 2.24) is 30.3 Å². The number of aromatic amines is 1. The molecule has 4 aromatic rings. The molecule has 164 valence electrons. The van der Waals surface area contributed by atoms with Crippen LogP contribution in [0.4, 0.5) is 0 Å². The second-order valence-electron chi connectivity index (χ2n) is 7.42. The Labute approximate surface area is 184 Å². The van der Waals surface area contributed by atoms with Gasteiger partial charge in [-0.25, -0.2) is 4.98 Å². The van der Waals surface area contributed by atoms with E-state index in [-0.39, 0.29) is 11.5 Å². The van der Waals surface area contributed by atoms with Crippen LogP contribution in [0.2, 0.25) is 0 Å². The molecule has 0 bridgehead atoms. The van der Waals surface area contributed by atoms with Crippen LogP contribution in [-0.2, 0) is 13.5 Å². The number of aryl methyl sites for hydroxylation is 2. The summed E-state index contributed by atoms with van der Waals surface area (Å²) in [5.41, 5.74) is 4.21. The standard InChI is InChI=1S/C23H24N6O3/c1-4-32-21-12-19(16-6-8-22(30)29(3)13-16)25-20-11-15(5-7-17(20)21)23(31)24-10-9-18-14(2)26-28-27-18/h5-8,11-13H,4,9-10H2,1-3H3,(H,24,31)(H,26,27,28). The monoisotopic (exact) mass is 432 g/mol. The fourth-order valence-corrected chi connectivity index (χ4v) is 3.45. The smallest absolute Gasteiger partial charge is 0.251 e. The minimum absolute atomic E-state index is 0.0976. The number of nitrogens with one attached hydrogen (secondary N) is 2. The Morgan fingerprint density at radius 2 is 2.06 bits per heavy atom. The van der Waals surface area contributed by atoms with Crippen molar-refractivity contribution in [3.63, 3.8) is 0 Å². The van der Waals surface area contributed by atoms with Gasteiger partial charge in [0, 0.05) is 54.9 Å². The van der Waals surface area contributed by atoms with Crippen molar-refractivity contribution < 1.29 is 9.53 Å². The Morgan fingerprint density at radius 1 is 1.22 bits per heavy atom. The van der Waals surface area contributed by atoms with Crippen LogP contribution < -0.4 is 15.6 Å². The van der Waals surface area contributed by atoms with Gasteiger partial charge in [-0.05, 0) is 38.1 Å². The molecule has 0 saturated carbocycles. The lowest BCUT2D eigenvalue weighted by atomic mass is 10.1. The van der Waals surface area contributed by atoms with Crippen LogP contribution in [0, 0.1) is 6.92 Å². The maximum absolute atomic E-state index is 12.7. The highest BCUT2D eigenvalue weighted by atomic mass is 16.5. The summed E-state index contributed by atoms with van der Waals surface area (Å²) in [6.07, 6.45) is 2.34. The molecule has 0 fully saturated rings. The van der Waals surface area contributed by atoms with Crippen molar-refractivity contribution in [2.45, 2.75) is 20.3 Å². The van der Waals surface area contributed by atoms with Crippen LogP contribution in [0.3, 0.4) is 0 Å². The molecule has 0 aliphatic rings. The first kappa shape index (κ1) is 21.2. The van der Waals surface area contributed by atoms with Crippen molar-refractivity contribution in [1.29, 1.82) is 0 Å². The van der Waals surface area contributed by atoms with E-state index in [9.17, 15) is 9.59 Å². The first-order valence-electron chi connectivity index (χ1n) is 10.4. The fourth-order valence-electron chi connectivity index (χ4n) is 3.45. The Hall–Kier alpha value is -4.01. The fraction of sp³-hybridized carbons (Fsp3) is 0.261. The average molecular weight is 432 g/mol. The molecule has 1 amide bonds. The predicted molar refractivity (Wildman–Crippen MR) is 121 cm³/mol. The number of carbonyl (C=O) groups excluding carboxylic acids is 1. The highest BCUT2D eigenvalue weighted by Crippen LogP contribution is 2.30. The van der Waals surface area contributed by atoms with E-state index < -0.39 is 0 Å². The Bertz CT molecular complexity index is 1340. The van der Waals surface area contributed by atoms with Crippen LogP contribution in [0.25, 0.3) is 22.2 Å². The maximum atomic E-state index is 12.7. The number of fused-ring (bicyclic) bond motifs is 1. The summed E-state index contributed by atoms with van der Waals surface area (Å²) in [6, 6.07) is 10.4. The number of ether oxygens (including phenoxy) is 1. The van der Waals surface area contributed by atoms with Gasteiger partial charge in [0.05, 0.1) is 29.2 Å². The molecular formula is C23H24N6O3. The number of benzene rings is 1. The molecule has 0 radical (unpaired) electrons. The van der Waals surface area contributed by atoms with E-state index in [1.54, 1.807) is 31.4 Å². The number of hydrogen-bond acceptors (Lipinski definition) is 6. The van der Waals surface area contributed by atoms with E-state index in [0.717, 1.165) is 22.3 Å². The molecule has 2 N–H and O–H groups in total. The molecule has 9 heteroatoms. The van der Waals surface area contributed by atoms with E-state index in [0.29, 0.717) is 42.1 Å². The number of pyridine rings is 2. The van der Waals surface area contributed by atoms with Gasteiger partial charge < -0.3 is 14.6 Å². The zero-order chi connectivity index (χ0) is 22.7. The third kappa shape index (κ3) is 4.36. The van der Waals surface area contributed by atoms with E-state index >= 15 is 0 Å². The molecule has 3 heterocycles. The lowest BCUT2D eigenvalue weighted by Crippen LogP contribution is -2.25. The summed E-state index contributed by atoms with van der Waals surface area (Å²) in [7, 11) is 1.69. The summed E-state index contributed by atoms with van der Waals surface area (Å²) >= 11 is 0. The number of H-pyrrole nitrogens is 1. The largest absolute Gasteiger partial charge is 0.493 e. The molecule has 0 spiro atoms.